The number of rotatable bonds is 4. The number of hydrogen-bond donors (Lipinski definition) is 1. The summed E-state index contributed by atoms with van der Waals surface area (Å²) < 4.78 is 4.68. The smallest absolute Gasteiger partial charge is 0.213 e. The molecule has 0 spiro atoms. The molecule has 1 N–H and O–H groups in total. The summed E-state index contributed by atoms with van der Waals surface area (Å²) >= 11 is 0. The molecule has 0 saturated heterocycles. The normalized spacial score (nSPS) is 12.6. The monoisotopic (exact) mass is 217 g/mol. The largest absolute Gasteiger partial charge is 0.343 e. The van der Waals surface area contributed by atoms with Gasteiger partial charge in [0.05, 0.1) is 6.54 Å². The van der Waals surface area contributed by atoms with Gasteiger partial charge in [0, 0.05) is 6.04 Å². The standard InChI is InChI=1S/C12H15N3O/c1-9-5-3-4-6-11(9)10(2)13-7-12-14-8-16-15-12/h3-6,8,10,13H,7H2,1-2H3. The molecule has 84 valence electrons. The molecule has 4 nitrogen and oxygen atoms in total. The van der Waals surface area contributed by atoms with Crippen molar-refractivity contribution in [2.45, 2.75) is 26.4 Å². The fraction of sp³-hybridized carbons (Fsp3) is 0.333. The van der Waals surface area contributed by atoms with Crippen molar-refractivity contribution in [3.63, 3.8) is 0 Å². The second kappa shape index (κ2) is 4.90. The fourth-order valence-electron chi connectivity index (χ4n) is 1.70. The molecule has 16 heavy (non-hydrogen) atoms. The number of nitrogens with one attached hydrogen (secondary N) is 1. The van der Waals surface area contributed by atoms with Crippen molar-refractivity contribution in [2.75, 3.05) is 0 Å². The van der Waals surface area contributed by atoms with Gasteiger partial charge in [0.15, 0.2) is 5.82 Å². The van der Waals surface area contributed by atoms with E-state index in [2.05, 4.69) is 52.0 Å². The molecule has 1 atom stereocenters. The number of hydrogen-bond acceptors (Lipinski definition) is 4. The van der Waals surface area contributed by atoms with E-state index in [1.54, 1.807) is 0 Å². The first-order valence-electron chi connectivity index (χ1n) is 5.31. The Morgan fingerprint density at radius 3 is 2.88 bits per heavy atom. The predicted octanol–water partition coefficient (Wildman–Crippen LogP) is 2.23. The molecule has 1 unspecified atom stereocenters. The van der Waals surface area contributed by atoms with Gasteiger partial charge in [-0.15, -0.1) is 0 Å². The van der Waals surface area contributed by atoms with Crippen LogP contribution in [0.2, 0.25) is 0 Å². The first-order valence-corrected chi connectivity index (χ1v) is 5.31. The average Bonchev–Trinajstić information content (AvgIpc) is 2.79. The van der Waals surface area contributed by atoms with Crippen LogP contribution in [-0.2, 0) is 6.54 Å². The molecule has 4 heteroatoms. The van der Waals surface area contributed by atoms with Gasteiger partial charge >= 0.3 is 0 Å². The zero-order valence-corrected chi connectivity index (χ0v) is 9.47. The van der Waals surface area contributed by atoms with Crippen LogP contribution in [0.1, 0.15) is 29.9 Å². The Balaban J connectivity index is 1.98. The lowest BCUT2D eigenvalue weighted by atomic mass is 10.0. The molecule has 0 aliphatic carbocycles. The third-order valence-electron chi connectivity index (χ3n) is 2.63. The lowest BCUT2D eigenvalue weighted by Gasteiger charge is -2.15. The third-order valence-corrected chi connectivity index (χ3v) is 2.63. The maximum absolute atomic E-state index is 4.68. The molecule has 1 aromatic heterocycles. The van der Waals surface area contributed by atoms with Crippen LogP contribution in [0.5, 0.6) is 0 Å². The number of nitrogens with zero attached hydrogens (tertiary/aromatic N) is 2. The summed E-state index contributed by atoms with van der Waals surface area (Å²) in [5, 5.41) is 7.11. The lowest BCUT2D eigenvalue weighted by Crippen LogP contribution is -2.19. The van der Waals surface area contributed by atoms with Crippen LogP contribution in [0.4, 0.5) is 0 Å². The molecule has 0 amide bonds. The third kappa shape index (κ3) is 2.46. The average molecular weight is 217 g/mol. The Bertz CT molecular complexity index is 439. The zero-order valence-electron chi connectivity index (χ0n) is 9.47. The second-order valence-electron chi connectivity index (χ2n) is 3.81. The highest BCUT2D eigenvalue weighted by molar-refractivity contribution is 5.28. The van der Waals surface area contributed by atoms with Crippen LogP contribution in [0, 0.1) is 6.92 Å². The summed E-state index contributed by atoms with van der Waals surface area (Å²) in [6, 6.07) is 8.62. The fourth-order valence-corrected chi connectivity index (χ4v) is 1.70. The van der Waals surface area contributed by atoms with Gasteiger partial charge in [0.1, 0.15) is 0 Å². The second-order valence-corrected chi connectivity index (χ2v) is 3.81. The zero-order chi connectivity index (χ0) is 11.4. The van der Waals surface area contributed by atoms with Gasteiger partial charge in [0.25, 0.3) is 0 Å². The predicted molar refractivity (Wildman–Crippen MR) is 60.7 cm³/mol. The molecule has 1 aromatic carbocycles. The van der Waals surface area contributed by atoms with Gasteiger partial charge in [-0.2, -0.15) is 4.98 Å². The van der Waals surface area contributed by atoms with Gasteiger partial charge in [-0.05, 0) is 25.0 Å². The van der Waals surface area contributed by atoms with Crippen molar-refractivity contribution in [1.29, 1.82) is 0 Å². The van der Waals surface area contributed by atoms with Crippen molar-refractivity contribution in [3.05, 3.63) is 47.6 Å². The van der Waals surface area contributed by atoms with E-state index in [0.29, 0.717) is 12.4 Å². The minimum absolute atomic E-state index is 0.277. The van der Waals surface area contributed by atoms with Crippen LogP contribution < -0.4 is 5.32 Å². The highest BCUT2D eigenvalue weighted by Gasteiger charge is 2.08. The maximum atomic E-state index is 4.68. The first-order chi connectivity index (χ1) is 7.77. The molecule has 0 aliphatic heterocycles. The van der Waals surface area contributed by atoms with Crippen LogP contribution in [0.15, 0.2) is 35.2 Å². The van der Waals surface area contributed by atoms with Crippen LogP contribution in [-0.4, -0.2) is 10.1 Å². The van der Waals surface area contributed by atoms with Gasteiger partial charge in [-0.25, -0.2) is 0 Å². The summed E-state index contributed by atoms with van der Waals surface area (Å²) in [6.45, 7) is 4.86. The summed E-state index contributed by atoms with van der Waals surface area (Å²) in [5.74, 6) is 0.681. The van der Waals surface area contributed by atoms with E-state index >= 15 is 0 Å². The van der Waals surface area contributed by atoms with E-state index in [1.165, 1.54) is 17.5 Å². The Hall–Kier alpha value is -1.68. The van der Waals surface area contributed by atoms with Crippen LogP contribution in [0.25, 0.3) is 0 Å². The van der Waals surface area contributed by atoms with E-state index in [0.717, 1.165) is 0 Å². The molecular formula is C12H15N3O. The van der Waals surface area contributed by atoms with Crippen molar-refractivity contribution in [1.82, 2.24) is 15.5 Å². The Labute approximate surface area is 94.7 Å². The van der Waals surface area contributed by atoms with Crippen LogP contribution >= 0.6 is 0 Å². The SMILES string of the molecule is Cc1ccccc1C(C)NCc1ncon1. The summed E-state index contributed by atoms with van der Waals surface area (Å²) in [6.07, 6.45) is 1.34. The van der Waals surface area contributed by atoms with Crippen molar-refractivity contribution in [2.24, 2.45) is 0 Å². The minimum atomic E-state index is 0.277. The first kappa shape index (κ1) is 10.8. The molecular weight excluding hydrogens is 202 g/mol. The summed E-state index contributed by atoms with van der Waals surface area (Å²) in [7, 11) is 0. The van der Waals surface area contributed by atoms with E-state index in [-0.39, 0.29) is 6.04 Å². The Morgan fingerprint density at radius 2 is 2.19 bits per heavy atom. The van der Waals surface area contributed by atoms with Crippen molar-refractivity contribution < 1.29 is 4.52 Å². The van der Waals surface area contributed by atoms with E-state index in [1.807, 2.05) is 6.07 Å². The Kier molecular flexibility index (Phi) is 3.31. The van der Waals surface area contributed by atoms with Gasteiger partial charge in [0.2, 0.25) is 6.39 Å². The lowest BCUT2D eigenvalue weighted by molar-refractivity contribution is 0.405. The van der Waals surface area contributed by atoms with Crippen molar-refractivity contribution >= 4 is 0 Å². The Morgan fingerprint density at radius 1 is 1.38 bits per heavy atom. The highest BCUT2D eigenvalue weighted by Crippen LogP contribution is 2.16. The molecule has 1 heterocycles. The number of aryl methyl sites for hydroxylation is 1. The molecule has 0 fully saturated rings. The summed E-state index contributed by atoms with van der Waals surface area (Å²) in [4.78, 5) is 3.96. The maximum Gasteiger partial charge on any atom is 0.213 e. The van der Waals surface area contributed by atoms with E-state index < -0.39 is 0 Å². The number of benzene rings is 1. The molecule has 2 aromatic rings. The molecule has 0 aliphatic rings. The molecule has 0 bridgehead atoms. The highest BCUT2D eigenvalue weighted by atomic mass is 16.5. The number of aromatic nitrogens is 2. The van der Waals surface area contributed by atoms with Gasteiger partial charge in [-0.3, -0.25) is 0 Å². The molecule has 2 rings (SSSR count). The summed E-state index contributed by atoms with van der Waals surface area (Å²) in [5.41, 5.74) is 2.58. The molecule has 0 saturated carbocycles. The van der Waals surface area contributed by atoms with Gasteiger partial charge < -0.3 is 9.84 Å². The minimum Gasteiger partial charge on any atom is -0.343 e. The topological polar surface area (TPSA) is 51.0 Å². The van der Waals surface area contributed by atoms with Crippen LogP contribution in [0.3, 0.4) is 0 Å². The van der Waals surface area contributed by atoms with Crippen molar-refractivity contribution in [3.8, 4) is 0 Å². The molecule has 0 radical (unpaired) electrons. The van der Waals surface area contributed by atoms with E-state index in [9.17, 15) is 0 Å². The van der Waals surface area contributed by atoms with E-state index in [4.69, 9.17) is 0 Å². The van der Waals surface area contributed by atoms with Gasteiger partial charge in [-0.1, -0.05) is 29.4 Å². The quantitative estimate of drug-likeness (QED) is 0.853.